The maximum absolute atomic E-state index is 4.85. The third kappa shape index (κ3) is 2.14. The van der Waals surface area contributed by atoms with E-state index in [4.69, 9.17) is 4.99 Å². The molecule has 0 radical (unpaired) electrons. The Balaban J connectivity index is 1.87. The molecule has 1 atom stereocenters. The third-order valence-corrected chi connectivity index (χ3v) is 3.26. The van der Waals surface area contributed by atoms with Crippen LogP contribution < -0.4 is 0 Å². The average Bonchev–Trinajstić information content (AvgIpc) is 2.90. The van der Waals surface area contributed by atoms with Crippen LogP contribution in [0.4, 0.5) is 0 Å². The molecule has 17 heavy (non-hydrogen) atoms. The van der Waals surface area contributed by atoms with Crippen molar-refractivity contribution in [3.05, 3.63) is 71.8 Å². The van der Waals surface area contributed by atoms with Gasteiger partial charge in [0.25, 0.3) is 0 Å². The van der Waals surface area contributed by atoms with Crippen LogP contribution >= 0.6 is 0 Å². The minimum atomic E-state index is 0.353. The minimum absolute atomic E-state index is 0.353. The molecule has 2 aromatic carbocycles. The number of benzene rings is 2. The summed E-state index contributed by atoms with van der Waals surface area (Å²) in [7, 11) is 0. The van der Waals surface area contributed by atoms with Gasteiger partial charge >= 0.3 is 0 Å². The van der Waals surface area contributed by atoms with Crippen LogP contribution in [0.15, 0.2) is 65.7 Å². The molecule has 0 N–H and O–H groups in total. The van der Waals surface area contributed by atoms with Crippen molar-refractivity contribution < 1.29 is 0 Å². The minimum Gasteiger partial charge on any atom is -0.281 e. The zero-order chi connectivity index (χ0) is 11.5. The molecule has 1 heteroatoms. The summed E-state index contributed by atoms with van der Waals surface area (Å²) in [6.45, 7) is 0. The third-order valence-electron chi connectivity index (χ3n) is 3.26. The van der Waals surface area contributed by atoms with Crippen LogP contribution in [0.2, 0.25) is 0 Å². The monoisotopic (exact) mass is 221 g/mol. The average molecular weight is 221 g/mol. The van der Waals surface area contributed by atoms with Gasteiger partial charge in [0.2, 0.25) is 0 Å². The predicted molar refractivity (Wildman–Crippen MR) is 71.4 cm³/mol. The molecule has 0 saturated heterocycles. The topological polar surface area (TPSA) is 12.4 Å². The number of nitrogens with zero attached hydrogens (tertiary/aromatic N) is 1. The number of hydrogen-bond donors (Lipinski definition) is 0. The lowest BCUT2D eigenvalue weighted by Crippen LogP contribution is -1.94. The molecule has 0 saturated carbocycles. The van der Waals surface area contributed by atoms with Gasteiger partial charge in [-0.3, -0.25) is 4.99 Å². The van der Waals surface area contributed by atoms with Crippen molar-refractivity contribution in [1.82, 2.24) is 0 Å². The molecule has 0 bridgehead atoms. The molecule has 0 aliphatic carbocycles. The molecule has 1 heterocycles. The van der Waals surface area contributed by atoms with Gasteiger partial charge in [-0.1, -0.05) is 60.7 Å². The van der Waals surface area contributed by atoms with E-state index >= 15 is 0 Å². The van der Waals surface area contributed by atoms with E-state index in [1.165, 1.54) is 16.8 Å². The summed E-state index contributed by atoms with van der Waals surface area (Å²) in [5.74, 6) is 0. The number of aliphatic imine (C=N–C) groups is 1. The van der Waals surface area contributed by atoms with E-state index in [-0.39, 0.29) is 0 Å². The molecule has 0 amide bonds. The van der Waals surface area contributed by atoms with Gasteiger partial charge < -0.3 is 0 Å². The first-order valence-corrected chi connectivity index (χ1v) is 6.10. The summed E-state index contributed by atoms with van der Waals surface area (Å²) in [6, 6.07) is 21.4. The molecule has 0 spiro atoms. The van der Waals surface area contributed by atoms with E-state index in [1.54, 1.807) is 0 Å². The number of rotatable bonds is 2. The Morgan fingerprint density at radius 1 is 0.824 bits per heavy atom. The summed E-state index contributed by atoms with van der Waals surface area (Å²) >= 11 is 0. The van der Waals surface area contributed by atoms with Crippen LogP contribution in [0.1, 0.15) is 30.0 Å². The van der Waals surface area contributed by atoms with Gasteiger partial charge in [-0.05, 0) is 24.0 Å². The smallest absolute Gasteiger partial charge is 0.0756 e. The highest BCUT2D eigenvalue weighted by molar-refractivity contribution is 6.01. The highest BCUT2D eigenvalue weighted by Gasteiger charge is 2.19. The predicted octanol–water partition coefficient (Wildman–Crippen LogP) is 4.01. The Bertz CT molecular complexity index is 514. The van der Waals surface area contributed by atoms with E-state index in [0.29, 0.717) is 6.04 Å². The van der Waals surface area contributed by atoms with Gasteiger partial charge in [-0.2, -0.15) is 0 Å². The van der Waals surface area contributed by atoms with Crippen LogP contribution in [-0.4, -0.2) is 5.71 Å². The SMILES string of the molecule is c1ccc(C2=N[C@@H](c3ccccc3)CC2)cc1. The van der Waals surface area contributed by atoms with Crippen LogP contribution in [0.3, 0.4) is 0 Å². The van der Waals surface area contributed by atoms with Gasteiger partial charge in [0.1, 0.15) is 0 Å². The lowest BCUT2D eigenvalue weighted by molar-refractivity contribution is 0.723. The van der Waals surface area contributed by atoms with Crippen LogP contribution in [0.5, 0.6) is 0 Å². The first kappa shape index (κ1) is 10.3. The second-order valence-corrected chi connectivity index (χ2v) is 4.41. The van der Waals surface area contributed by atoms with Crippen molar-refractivity contribution in [3.8, 4) is 0 Å². The number of hydrogen-bond acceptors (Lipinski definition) is 1. The van der Waals surface area contributed by atoms with Gasteiger partial charge in [0.05, 0.1) is 6.04 Å². The molecular formula is C16H15N. The van der Waals surface area contributed by atoms with Crippen molar-refractivity contribution >= 4 is 5.71 Å². The molecule has 3 rings (SSSR count). The first-order valence-electron chi connectivity index (χ1n) is 6.10. The lowest BCUT2D eigenvalue weighted by Gasteiger charge is -2.05. The first-order chi connectivity index (χ1) is 8.43. The highest BCUT2D eigenvalue weighted by Crippen LogP contribution is 2.30. The molecule has 2 aromatic rings. The van der Waals surface area contributed by atoms with E-state index in [1.807, 2.05) is 6.07 Å². The Labute approximate surface area is 102 Å². The van der Waals surface area contributed by atoms with Crippen molar-refractivity contribution in [3.63, 3.8) is 0 Å². The molecular weight excluding hydrogens is 206 g/mol. The Morgan fingerprint density at radius 2 is 1.47 bits per heavy atom. The maximum atomic E-state index is 4.85. The van der Waals surface area contributed by atoms with Gasteiger partial charge in [0, 0.05) is 5.71 Å². The molecule has 1 nitrogen and oxygen atoms in total. The zero-order valence-electron chi connectivity index (χ0n) is 9.71. The van der Waals surface area contributed by atoms with Crippen molar-refractivity contribution in [2.45, 2.75) is 18.9 Å². The molecule has 1 aliphatic rings. The van der Waals surface area contributed by atoms with Gasteiger partial charge in [-0.25, -0.2) is 0 Å². The fourth-order valence-corrected chi connectivity index (χ4v) is 2.36. The fraction of sp³-hybridized carbons (Fsp3) is 0.188. The summed E-state index contributed by atoms with van der Waals surface area (Å²) in [5, 5.41) is 0. The van der Waals surface area contributed by atoms with Crippen molar-refractivity contribution in [2.24, 2.45) is 4.99 Å². The quantitative estimate of drug-likeness (QED) is 0.726. The standard InChI is InChI=1S/C16H15N/c1-3-7-13(8-4-1)15-11-12-16(17-15)14-9-5-2-6-10-14/h1-10,15H,11-12H2/t15-/m1/s1. The molecule has 0 aromatic heterocycles. The van der Waals surface area contributed by atoms with Crippen molar-refractivity contribution in [2.75, 3.05) is 0 Å². The normalized spacial score (nSPS) is 19.1. The molecule has 1 aliphatic heterocycles. The molecule has 0 fully saturated rings. The van der Waals surface area contributed by atoms with Crippen LogP contribution in [-0.2, 0) is 0 Å². The van der Waals surface area contributed by atoms with Crippen LogP contribution in [0.25, 0.3) is 0 Å². The van der Waals surface area contributed by atoms with Gasteiger partial charge in [-0.15, -0.1) is 0 Å². The Morgan fingerprint density at radius 3 is 2.18 bits per heavy atom. The second-order valence-electron chi connectivity index (χ2n) is 4.41. The Kier molecular flexibility index (Phi) is 2.74. The highest BCUT2D eigenvalue weighted by atomic mass is 14.8. The van der Waals surface area contributed by atoms with Gasteiger partial charge in [0.15, 0.2) is 0 Å². The van der Waals surface area contributed by atoms with E-state index in [9.17, 15) is 0 Å². The summed E-state index contributed by atoms with van der Waals surface area (Å²) in [4.78, 5) is 4.85. The summed E-state index contributed by atoms with van der Waals surface area (Å²) in [6.07, 6.45) is 2.22. The second kappa shape index (κ2) is 4.54. The Hall–Kier alpha value is -1.89. The summed E-state index contributed by atoms with van der Waals surface area (Å²) in [5.41, 5.74) is 3.85. The van der Waals surface area contributed by atoms with E-state index in [2.05, 4.69) is 54.6 Å². The molecule has 84 valence electrons. The lowest BCUT2D eigenvalue weighted by atomic mass is 10.0. The fourth-order valence-electron chi connectivity index (χ4n) is 2.36. The van der Waals surface area contributed by atoms with E-state index in [0.717, 1.165) is 12.8 Å². The maximum Gasteiger partial charge on any atom is 0.0756 e. The van der Waals surface area contributed by atoms with Crippen LogP contribution in [0, 0.1) is 0 Å². The van der Waals surface area contributed by atoms with Crippen molar-refractivity contribution in [1.29, 1.82) is 0 Å². The largest absolute Gasteiger partial charge is 0.281 e. The summed E-state index contributed by atoms with van der Waals surface area (Å²) < 4.78 is 0. The zero-order valence-corrected chi connectivity index (χ0v) is 9.71. The van der Waals surface area contributed by atoms with E-state index < -0.39 is 0 Å². The molecule has 0 unspecified atom stereocenters.